The summed E-state index contributed by atoms with van der Waals surface area (Å²) in [6.45, 7) is 1.67. The van der Waals surface area contributed by atoms with Crippen molar-refractivity contribution < 1.29 is 13.2 Å². The van der Waals surface area contributed by atoms with Gasteiger partial charge in [0, 0.05) is 17.4 Å². The van der Waals surface area contributed by atoms with Gasteiger partial charge in [-0.15, -0.1) is 0 Å². The predicted molar refractivity (Wildman–Crippen MR) is 129 cm³/mol. The SMILES string of the molecule is CC(NS(=O)(=O)c1ccc2[nH]c(=O)[nH]c(=O)c2c1)c1ccc(NC(=O)Nc2ccccc2)cc1. The van der Waals surface area contributed by atoms with E-state index in [4.69, 9.17) is 0 Å². The minimum Gasteiger partial charge on any atom is -0.308 e. The molecule has 2 amide bonds. The van der Waals surface area contributed by atoms with Gasteiger partial charge in [-0.1, -0.05) is 30.3 Å². The summed E-state index contributed by atoms with van der Waals surface area (Å²) in [4.78, 5) is 39.9. The summed E-state index contributed by atoms with van der Waals surface area (Å²) in [6, 6.07) is 18.6. The Balaban J connectivity index is 1.45. The van der Waals surface area contributed by atoms with E-state index in [1.165, 1.54) is 18.2 Å². The maximum absolute atomic E-state index is 12.9. The fourth-order valence-electron chi connectivity index (χ4n) is 3.35. The van der Waals surface area contributed by atoms with Crippen molar-refractivity contribution in [3.05, 3.63) is 99.2 Å². The number of carbonyl (C=O) groups is 1. The number of aromatic amines is 2. The van der Waals surface area contributed by atoms with Crippen LogP contribution in [0.25, 0.3) is 10.9 Å². The zero-order valence-electron chi connectivity index (χ0n) is 18.0. The lowest BCUT2D eigenvalue weighted by Gasteiger charge is -2.16. The Morgan fingerprint density at radius 2 is 1.50 bits per heavy atom. The molecule has 10 nitrogen and oxygen atoms in total. The highest BCUT2D eigenvalue weighted by Crippen LogP contribution is 2.20. The predicted octanol–water partition coefficient (Wildman–Crippen LogP) is 2.90. The number of sulfonamides is 1. The summed E-state index contributed by atoms with van der Waals surface area (Å²) in [6.07, 6.45) is 0. The zero-order chi connectivity index (χ0) is 24.3. The van der Waals surface area contributed by atoms with Crippen molar-refractivity contribution in [1.29, 1.82) is 0 Å². The van der Waals surface area contributed by atoms with Crippen LogP contribution >= 0.6 is 0 Å². The molecule has 5 N–H and O–H groups in total. The number of amides is 2. The molecule has 34 heavy (non-hydrogen) atoms. The van der Waals surface area contributed by atoms with Crippen LogP contribution in [0.1, 0.15) is 18.5 Å². The number of para-hydroxylation sites is 1. The third-order valence-electron chi connectivity index (χ3n) is 5.05. The van der Waals surface area contributed by atoms with Gasteiger partial charge < -0.3 is 15.6 Å². The van der Waals surface area contributed by atoms with Gasteiger partial charge in [0.15, 0.2) is 0 Å². The Hall–Kier alpha value is -4.22. The standard InChI is InChI=1S/C23H21N5O5S/c1-14(15-7-9-17(10-8-15)25-22(30)24-16-5-3-2-4-6-16)28-34(32,33)18-11-12-20-19(13-18)21(29)27-23(31)26-20/h2-14,28H,1H3,(H2,24,25,30)(H2,26,27,29,31). The number of carbonyl (C=O) groups excluding carboxylic acids is 1. The second kappa shape index (κ2) is 9.33. The zero-order valence-corrected chi connectivity index (χ0v) is 18.8. The highest BCUT2D eigenvalue weighted by molar-refractivity contribution is 7.89. The first-order chi connectivity index (χ1) is 16.2. The van der Waals surface area contributed by atoms with Crippen LogP contribution in [0.4, 0.5) is 16.2 Å². The Morgan fingerprint density at radius 3 is 2.18 bits per heavy atom. The summed E-state index contributed by atoms with van der Waals surface area (Å²) in [7, 11) is -3.96. The lowest BCUT2D eigenvalue weighted by molar-refractivity contribution is 0.262. The molecule has 4 rings (SSSR count). The lowest BCUT2D eigenvalue weighted by Crippen LogP contribution is -2.27. The molecular weight excluding hydrogens is 458 g/mol. The largest absolute Gasteiger partial charge is 0.326 e. The van der Waals surface area contributed by atoms with E-state index in [9.17, 15) is 22.8 Å². The second-order valence-electron chi connectivity index (χ2n) is 7.53. The number of fused-ring (bicyclic) bond motifs is 1. The molecule has 0 radical (unpaired) electrons. The topological polar surface area (TPSA) is 153 Å². The Bertz CT molecular complexity index is 1560. The van der Waals surface area contributed by atoms with Gasteiger partial charge in [-0.25, -0.2) is 22.7 Å². The van der Waals surface area contributed by atoms with E-state index >= 15 is 0 Å². The maximum Gasteiger partial charge on any atom is 0.326 e. The summed E-state index contributed by atoms with van der Waals surface area (Å²) in [5, 5.41) is 5.48. The number of benzene rings is 3. The number of urea groups is 1. The van der Waals surface area contributed by atoms with Crippen LogP contribution in [0.3, 0.4) is 0 Å². The average molecular weight is 480 g/mol. The highest BCUT2D eigenvalue weighted by atomic mass is 32.2. The van der Waals surface area contributed by atoms with Crippen molar-refractivity contribution in [2.75, 3.05) is 10.6 Å². The molecule has 0 fully saturated rings. The second-order valence-corrected chi connectivity index (χ2v) is 9.24. The molecule has 0 spiro atoms. The fourth-order valence-corrected chi connectivity index (χ4v) is 4.61. The third kappa shape index (κ3) is 5.22. The lowest BCUT2D eigenvalue weighted by atomic mass is 10.1. The summed E-state index contributed by atoms with van der Waals surface area (Å²) >= 11 is 0. The number of anilines is 2. The Labute approximate surface area is 194 Å². The van der Waals surface area contributed by atoms with Crippen LogP contribution in [0, 0.1) is 0 Å². The molecule has 0 aliphatic rings. The van der Waals surface area contributed by atoms with Crippen LogP contribution in [-0.2, 0) is 10.0 Å². The highest BCUT2D eigenvalue weighted by Gasteiger charge is 2.19. The number of H-pyrrole nitrogens is 2. The quantitative estimate of drug-likeness (QED) is 0.288. The molecule has 174 valence electrons. The van der Waals surface area contributed by atoms with E-state index in [1.54, 1.807) is 43.3 Å². The van der Waals surface area contributed by atoms with E-state index in [-0.39, 0.29) is 15.8 Å². The van der Waals surface area contributed by atoms with Gasteiger partial charge in [-0.2, -0.15) is 0 Å². The van der Waals surface area contributed by atoms with Gasteiger partial charge in [-0.3, -0.25) is 9.78 Å². The number of rotatable bonds is 6. The van der Waals surface area contributed by atoms with Crippen molar-refractivity contribution in [3.8, 4) is 0 Å². The third-order valence-corrected chi connectivity index (χ3v) is 6.59. The molecule has 1 atom stereocenters. The van der Waals surface area contributed by atoms with Gasteiger partial charge in [0.1, 0.15) is 0 Å². The summed E-state index contributed by atoms with van der Waals surface area (Å²) in [5.74, 6) is 0. The van der Waals surface area contributed by atoms with Crippen molar-refractivity contribution in [2.24, 2.45) is 0 Å². The van der Waals surface area contributed by atoms with Crippen LogP contribution < -0.4 is 26.6 Å². The Morgan fingerprint density at radius 1 is 0.853 bits per heavy atom. The van der Waals surface area contributed by atoms with Crippen LogP contribution in [0.15, 0.2) is 87.3 Å². The number of hydrogen-bond acceptors (Lipinski definition) is 5. The molecule has 1 aromatic heterocycles. The van der Waals surface area contributed by atoms with Gasteiger partial charge >= 0.3 is 11.7 Å². The smallest absolute Gasteiger partial charge is 0.308 e. The summed E-state index contributed by atoms with van der Waals surface area (Å²) < 4.78 is 28.3. The maximum atomic E-state index is 12.9. The van der Waals surface area contributed by atoms with Crippen molar-refractivity contribution in [2.45, 2.75) is 17.9 Å². The van der Waals surface area contributed by atoms with Crippen LogP contribution in [0.5, 0.6) is 0 Å². The minimum absolute atomic E-state index is 0.0549. The summed E-state index contributed by atoms with van der Waals surface area (Å²) in [5.41, 5.74) is 0.746. The molecule has 11 heteroatoms. The van der Waals surface area contributed by atoms with E-state index in [1.807, 2.05) is 18.2 Å². The first kappa shape index (κ1) is 23.0. The van der Waals surface area contributed by atoms with Crippen LogP contribution in [0.2, 0.25) is 0 Å². The van der Waals surface area contributed by atoms with Gasteiger partial charge in [0.2, 0.25) is 10.0 Å². The molecular formula is C23H21N5O5S. The number of aromatic nitrogens is 2. The van der Waals surface area contributed by atoms with Gasteiger partial charge in [0.05, 0.1) is 15.8 Å². The molecule has 3 aromatic carbocycles. The molecule has 1 unspecified atom stereocenters. The van der Waals surface area contributed by atoms with Crippen molar-refractivity contribution in [1.82, 2.24) is 14.7 Å². The fraction of sp³-hybridized carbons (Fsp3) is 0.0870. The average Bonchev–Trinajstić information content (AvgIpc) is 2.79. The molecule has 0 saturated carbocycles. The minimum atomic E-state index is -3.96. The van der Waals surface area contributed by atoms with Crippen molar-refractivity contribution in [3.63, 3.8) is 0 Å². The Kier molecular flexibility index (Phi) is 6.30. The van der Waals surface area contributed by atoms with E-state index in [2.05, 4.69) is 25.3 Å². The molecule has 0 aliphatic carbocycles. The molecule has 1 heterocycles. The monoisotopic (exact) mass is 479 g/mol. The first-order valence-corrected chi connectivity index (χ1v) is 11.7. The molecule has 0 saturated heterocycles. The van der Waals surface area contributed by atoms with Crippen molar-refractivity contribution >= 4 is 38.3 Å². The van der Waals surface area contributed by atoms with Gasteiger partial charge in [0.25, 0.3) is 5.56 Å². The molecule has 4 aromatic rings. The molecule has 0 bridgehead atoms. The van der Waals surface area contributed by atoms with E-state index in [0.29, 0.717) is 16.9 Å². The van der Waals surface area contributed by atoms with E-state index in [0.717, 1.165) is 0 Å². The van der Waals surface area contributed by atoms with Crippen LogP contribution in [-0.4, -0.2) is 24.4 Å². The van der Waals surface area contributed by atoms with E-state index < -0.39 is 33.3 Å². The number of nitrogens with one attached hydrogen (secondary N) is 5. The normalized spacial score (nSPS) is 12.3. The number of hydrogen-bond donors (Lipinski definition) is 5. The molecule has 0 aliphatic heterocycles. The van der Waals surface area contributed by atoms with Gasteiger partial charge in [-0.05, 0) is 55.0 Å². The first-order valence-electron chi connectivity index (χ1n) is 10.2.